The molecule has 0 aromatic heterocycles. The molecule has 2 aliphatic rings. The van der Waals surface area contributed by atoms with Crippen LogP contribution in [0.5, 0.6) is 11.5 Å². The zero-order chi connectivity index (χ0) is 16.2. The molecule has 116 valence electrons. The summed E-state index contributed by atoms with van der Waals surface area (Å²) in [5.41, 5.74) is 7.17. The Kier molecular flexibility index (Phi) is 2.92. The third kappa shape index (κ3) is 1.94. The summed E-state index contributed by atoms with van der Waals surface area (Å²) in [6, 6.07) is 12.2. The van der Waals surface area contributed by atoms with Gasteiger partial charge in [-0.05, 0) is 62.6 Å². The normalized spacial score (nSPS) is 21.6. The Morgan fingerprint density at radius 3 is 2.39 bits per heavy atom. The molecule has 0 fully saturated rings. The van der Waals surface area contributed by atoms with E-state index in [1.54, 1.807) is 0 Å². The molecule has 0 saturated carbocycles. The van der Waals surface area contributed by atoms with Crippen LogP contribution in [0.25, 0.3) is 11.6 Å². The lowest BCUT2D eigenvalue weighted by Gasteiger charge is -2.40. The van der Waals surface area contributed by atoms with E-state index in [0.29, 0.717) is 0 Å². The van der Waals surface area contributed by atoms with E-state index in [0.717, 1.165) is 22.6 Å². The Morgan fingerprint density at radius 1 is 0.826 bits per heavy atom. The maximum absolute atomic E-state index is 6.37. The molecule has 2 aromatic carbocycles. The zero-order valence-electron chi connectivity index (χ0n) is 13.9. The molecule has 4 rings (SSSR count). The second kappa shape index (κ2) is 4.76. The van der Waals surface area contributed by atoms with Crippen molar-refractivity contribution in [3.63, 3.8) is 0 Å². The van der Waals surface area contributed by atoms with Crippen LogP contribution in [0.3, 0.4) is 0 Å². The summed E-state index contributed by atoms with van der Waals surface area (Å²) in [6.45, 7) is 8.54. The minimum Gasteiger partial charge on any atom is -0.444 e. The van der Waals surface area contributed by atoms with Gasteiger partial charge in [0.1, 0.15) is 11.5 Å². The lowest BCUT2D eigenvalue weighted by Crippen LogP contribution is -2.45. The van der Waals surface area contributed by atoms with Gasteiger partial charge in [-0.3, -0.25) is 0 Å². The van der Waals surface area contributed by atoms with Crippen molar-refractivity contribution < 1.29 is 9.47 Å². The molecule has 2 heterocycles. The molecule has 0 N–H and O–H groups in total. The Hall–Kier alpha value is -2.48. The summed E-state index contributed by atoms with van der Waals surface area (Å²) in [7, 11) is 0. The highest BCUT2D eigenvalue weighted by Gasteiger charge is 2.42. The van der Waals surface area contributed by atoms with Gasteiger partial charge in [0, 0.05) is 22.8 Å². The predicted molar refractivity (Wildman–Crippen MR) is 93.6 cm³/mol. The number of para-hydroxylation sites is 1. The average Bonchev–Trinajstić information content (AvgIpc) is 2.56. The molecule has 2 nitrogen and oxygen atoms in total. The first-order chi connectivity index (χ1) is 11.0. The number of aryl methyl sites for hydroxylation is 1. The molecule has 1 unspecified atom stereocenters. The molecule has 1 atom stereocenters. The number of allylic oxidation sites excluding steroid dienone is 1. The first-order valence-electron chi connectivity index (χ1n) is 7.97. The first kappa shape index (κ1) is 14.1. The summed E-state index contributed by atoms with van der Waals surface area (Å²) in [6.07, 6.45) is 4.11. The highest BCUT2D eigenvalue weighted by molar-refractivity contribution is 5.79. The zero-order valence-corrected chi connectivity index (χ0v) is 13.9. The highest BCUT2D eigenvalue weighted by atomic mass is 16.7. The van der Waals surface area contributed by atoms with Gasteiger partial charge >= 0.3 is 0 Å². The van der Waals surface area contributed by atoms with Crippen LogP contribution in [-0.4, -0.2) is 5.79 Å². The van der Waals surface area contributed by atoms with Crippen LogP contribution >= 0.6 is 0 Å². The Morgan fingerprint density at radius 2 is 1.57 bits per heavy atom. The SMILES string of the molecule is CC1=C(C)C2(C=Cc3ccccc3O2)Oc2ccc(C)c(C)c21. The largest absolute Gasteiger partial charge is 0.444 e. The van der Waals surface area contributed by atoms with Gasteiger partial charge in [-0.2, -0.15) is 0 Å². The molecular weight excluding hydrogens is 284 g/mol. The van der Waals surface area contributed by atoms with Gasteiger partial charge in [-0.25, -0.2) is 0 Å². The number of hydrogen-bond donors (Lipinski definition) is 0. The second-order valence-corrected chi connectivity index (χ2v) is 6.37. The van der Waals surface area contributed by atoms with Crippen molar-refractivity contribution in [1.29, 1.82) is 0 Å². The van der Waals surface area contributed by atoms with Gasteiger partial charge in [0.2, 0.25) is 0 Å². The quantitative estimate of drug-likeness (QED) is 0.658. The summed E-state index contributed by atoms with van der Waals surface area (Å²) in [4.78, 5) is 0. The minimum atomic E-state index is -0.840. The van der Waals surface area contributed by atoms with Crippen LogP contribution in [0.4, 0.5) is 0 Å². The fourth-order valence-electron chi connectivity index (χ4n) is 3.40. The van der Waals surface area contributed by atoms with Gasteiger partial charge in [0.15, 0.2) is 0 Å². The van der Waals surface area contributed by atoms with Crippen LogP contribution in [0, 0.1) is 13.8 Å². The van der Waals surface area contributed by atoms with Crippen LogP contribution in [0.1, 0.15) is 36.1 Å². The van der Waals surface area contributed by atoms with E-state index in [4.69, 9.17) is 9.47 Å². The van der Waals surface area contributed by atoms with E-state index in [1.165, 1.54) is 22.3 Å². The van der Waals surface area contributed by atoms with Crippen LogP contribution in [-0.2, 0) is 0 Å². The lowest BCUT2D eigenvalue weighted by atomic mass is 9.87. The van der Waals surface area contributed by atoms with Crippen molar-refractivity contribution in [2.45, 2.75) is 33.5 Å². The standard InChI is InChI=1S/C21H20O2/c1-13-9-10-19-20(14(13)2)15(3)16(4)21(23-19)12-11-17-7-5-6-8-18(17)22-21/h5-12H,1-4H3. The number of benzene rings is 2. The van der Waals surface area contributed by atoms with Gasteiger partial charge in [-0.15, -0.1) is 0 Å². The van der Waals surface area contributed by atoms with Crippen molar-refractivity contribution in [2.24, 2.45) is 0 Å². The lowest BCUT2D eigenvalue weighted by molar-refractivity contribution is -0.0418. The van der Waals surface area contributed by atoms with Crippen LogP contribution < -0.4 is 9.47 Å². The monoisotopic (exact) mass is 304 g/mol. The van der Waals surface area contributed by atoms with E-state index in [2.05, 4.69) is 45.9 Å². The fourth-order valence-corrected chi connectivity index (χ4v) is 3.40. The van der Waals surface area contributed by atoms with Gasteiger partial charge < -0.3 is 9.47 Å². The second-order valence-electron chi connectivity index (χ2n) is 6.37. The minimum absolute atomic E-state index is 0.840. The molecule has 0 radical (unpaired) electrons. The van der Waals surface area contributed by atoms with Crippen molar-refractivity contribution in [2.75, 3.05) is 0 Å². The maximum Gasteiger partial charge on any atom is 0.294 e. The summed E-state index contributed by atoms with van der Waals surface area (Å²) >= 11 is 0. The van der Waals surface area contributed by atoms with Crippen LogP contribution in [0.2, 0.25) is 0 Å². The third-order valence-corrected chi connectivity index (χ3v) is 5.08. The molecule has 0 saturated heterocycles. The summed E-state index contributed by atoms with van der Waals surface area (Å²) in [5, 5.41) is 0. The number of rotatable bonds is 0. The van der Waals surface area contributed by atoms with Crippen LogP contribution in [0.15, 0.2) is 48.0 Å². The highest BCUT2D eigenvalue weighted by Crippen LogP contribution is 2.46. The smallest absolute Gasteiger partial charge is 0.294 e. The van der Waals surface area contributed by atoms with Gasteiger partial charge in [0.25, 0.3) is 5.79 Å². The molecule has 0 bridgehead atoms. The van der Waals surface area contributed by atoms with Crippen molar-refractivity contribution in [1.82, 2.24) is 0 Å². The molecule has 2 aromatic rings. The Bertz CT molecular complexity index is 873. The fraction of sp³-hybridized carbons (Fsp3) is 0.238. The Balaban J connectivity index is 1.89. The molecule has 0 amide bonds. The van der Waals surface area contributed by atoms with Crippen molar-refractivity contribution in [3.05, 3.63) is 70.3 Å². The summed E-state index contributed by atoms with van der Waals surface area (Å²) < 4.78 is 12.7. The number of ether oxygens (including phenoxy) is 2. The molecule has 2 heteroatoms. The molecular formula is C21H20O2. The molecule has 0 aliphatic carbocycles. The predicted octanol–water partition coefficient (Wildman–Crippen LogP) is 5.29. The molecule has 1 spiro atoms. The van der Waals surface area contributed by atoms with E-state index >= 15 is 0 Å². The van der Waals surface area contributed by atoms with E-state index in [-0.39, 0.29) is 0 Å². The molecule has 23 heavy (non-hydrogen) atoms. The maximum atomic E-state index is 6.37. The first-order valence-corrected chi connectivity index (χ1v) is 7.97. The van der Waals surface area contributed by atoms with Gasteiger partial charge in [-0.1, -0.05) is 24.3 Å². The van der Waals surface area contributed by atoms with Crippen molar-refractivity contribution >= 4 is 11.6 Å². The van der Waals surface area contributed by atoms with E-state index < -0.39 is 5.79 Å². The molecule has 2 aliphatic heterocycles. The van der Waals surface area contributed by atoms with Crippen molar-refractivity contribution in [3.8, 4) is 11.5 Å². The third-order valence-electron chi connectivity index (χ3n) is 5.08. The number of fused-ring (bicyclic) bond motifs is 2. The average molecular weight is 304 g/mol. The number of hydrogen-bond acceptors (Lipinski definition) is 2. The topological polar surface area (TPSA) is 18.5 Å². The Labute approximate surface area is 137 Å². The van der Waals surface area contributed by atoms with E-state index in [9.17, 15) is 0 Å². The van der Waals surface area contributed by atoms with E-state index in [1.807, 2.05) is 30.3 Å². The summed E-state index contributed by atoms with van der Waals surface area (Å²) in [5.74, 6) is 0.905. The van der Waals surface area contributed by atoms with Gasteiger partial charge in [0.05, 0.1) is 0 Å².